The van der Waals surface area contributed by atoms with E-state index in [1.165, 1.54) is 0 Å². The second kappa shape index (κ2) is 7.06. The van der Waals surface area contributed by atoms with Crippen molar-refractivity contribution in [3.05, 3.63) is 35.9 Å². The molecule has 0 saturated heterocycles. The van der Waals surface area contributed by atoms with E-state index in [-0.39, 0.29) is 11.9 Å². The van der Waals surface area contributed by atoms with Crippen molar-refractivity contribution in [2.45, 2.75) is 40.2 Å². The van der Waals surface area contributed by atoms with E-state index in [9.17, 15) is 4.79 Å². The van der Waals surface area contributed by atoms with E-state index >= 15 is 0 Å². The SMILES string of the molecule is CCc1coc(NC(=O)c2ccc(N(CC)C(C)C)nc2)n1. The number of oxazole rings is 1. The Kier molecular flexibility index (Phi) is 5.14. The van der Waals surface area contributed by atoms with Crippen LogP contribution in [0.1, 0.15) is 43.7 Å². The monoisotopic (exact) mass is 302 g/mol. The predicted octanol–water partition coefficient (Wildman–Crippen LogP) is 3.12. The quantitative estimate of drug-likeness (QED) is 0.887. The molecule has 0 radical (unpaired) electrons. The molecule has 2 aromatic rings. The summed E-state index contributed by atoms with van der Waals surface area (Å²) in [6.07, 6.45) is 3.87. The van der Waals surface area contributed by atoms with Crippen LogP contribution in [0.4, 0.5) is 11.8 Å². The van der Waals surface area contributed by atoms with Crippen molar-refractivity contribution in [1.29, 1.82) is 0 Å². The first-order chi connectivity index (χ1) is 10.5. The number of pyridine rings is 1. The fourth-order valence-electron chi connectivity index (χ4n) is 2.18. The minimum absolute atomic E-state index is 0.211. The third kappa shape index (κ3) is 3.63. The molecule has 0 aromatic carbocycles. The average molecular weight is 302 g/mol. The van der Waals surface area contributed by atoms with E-state index in [1.54, 1.807) is 18.5 Å². The first-order valence-corrected chi connectivity index (χ1v) is 7.53. The van der Waals surface area contributed by atoms with Crippen LogP contribution >= 0.6 is 0 Å². The maximum Gasteiger partial charge on any atom is 0.301 e. The number of carbonyl (C=O) groups is 1. The molecule has 0 fully saturated rings. The molecule has 0 aliphatic carbocycles. The van der Waals surface area contributed by atoms with Crippen LogP contribution in [0.25, 0.3) is 0 Å². The highest BCUT2D eigenvalue weighted by atomic mass is 16.4. The molecule has 118 valence electrons. The number of anilines is 2. The van der Waals surface area contributed by atoms with Gasteiger partial charge in [0.05, 0.1) is 11.3 Å². The topological polar surface area (TPSA) is 71.3 Å². The number of aryl methyl sites for hydroxylation is 1. The molecule has 0 spiro atoms. The van der Waals surface area contributed by atoms with E-state index in [0.29, 0.717) is 11.6 Å². The molecule has 1 amide bonds. The number of carbonyl (C=O) groups excluding carboxylic acids is 1. The summed E-state index contributed by atoms with van der Waals surface area (Å²) in [7, 11) is 0. The molecule has 0 bridgehead atoms. The minimum atomic E-state index is -0.281. The molecule has 2 aromatic heterocycles. The van der Waals surface area contributed by atoms with Gasteiger partial charge in [0.2, 0.25) is 0 Å². The first-order valence-electron chi connectivity index (χ1n) is 7.53. The zero-order valence-electron chi connectivity index (χ0n) is 13.5. The van der Waals surface area contributed by atoms with Gasteiger partial charge in [-0.15, -0.1) is 0 Å². The Bertz CT molecular complexity index is 619. The molecule has 0 aliphatic rings. The summed E-state index contributed by atoms with van der Waals surface area (Å²) < 4.78 is 5.19. The minimum Gasteiger partial charge on any atom is -0.432 e. The van der Waals surface area contributed by atoms with E-state index in [4.69, 9.17) is 4.42 Å². The Hall–Kier alpha value is -2.37. The smallest absolute Gasteiger partial charge is 0.301 e. The van der Waals surface area contributed by atoms with Crippen LogP contribution in [0.5, 0.6) is 0 Å². The molecule has 0 atom stereocenters. The van der Waals surface area contributed by atoms with Crippen molar-refractivity contribution in [2.75, 3.05) is 16.8 Å². The second-order valence-corrected chi connectivity index (χ2v) is 5.24. The molecule has 22 heavy (non-hydrogen) atoms. The highest BCUT2D eigenvalue weighted by Crippen LogP contribution is 2.15. The largest absolute Gasteiger partial charge is 0.432 e. The Morgan fingerprint density at radius 2 is 2.14 bits per heavy atom. The van der Waals surface area contributed by atoms with Crippen molar-refractivity contribution in [2.24, 2.45) is 0 Å². The molecular formula is C16H22N4O2. The second-order valence-electron chi connectivity index (χ2n) is 5.24. The number of rotatable bonds is 6. The third-order valence-electron chi connectivity index (χ3n) is 3.40. The van der Waals surface area contributed by atoms with Gasteiger partial charge in [-0.3, -0.25) is 10.1 Å². The van der Waals surface area contributed by atoms with Gasteiger partial charge in [0, 0.05) is 18.8 Å². The number of aromatic nitrogens is 2. The van der Waals surface area contributed by atoms with Crippen LogP contribution in [-0.4, -0.2) is 28.5 Å². The van der Waals surface area contributed by atoms with Crippen LogP contribution in [0.2, 0.25) is 0 Å². The lowest BCUT2D eigenvalue weighted by molar-refractivity contribution is 0.102. The fourth-order valence-corrected chi connectivity index (χ4v) is 2.18. The van der Waals surface area contributed by atoms with Crippen LogP contribution in [0, 0.1) is 0 Å². The van der Waals surface area contributed by atoms with Gasteiger partial charge in [-0.2, -0.15) is 4.98 Å². The summed E-state index contributed by atoms with van der Waals surface area (Å²) in [5.41, 5.74) is 1.28. The number of hydrogen-bond donors (Lipinski definition) is 1. The zero-order valence-corrected chi connectivity index (χ0v) is 13.5. The van der Waals surface area contributed by atoms with Crippen molar-refractivity contribution >= 4 is 17.7 Å². The number of nitrogens with one attached hydrogen (secondary N) is 1. The molecule has 2 heterocycles. The van der Waals surface area contributed by atoms with Crippen LogP contribution < -0.4 is 10.2 Å². The Morgan fingerprint density at radius 3 is 2.64 bits per heavy atom. The van der Waals surface area contributed by atoms with Gasteiger partial charge in [-0.05, 0) is 39.3 Å². The van der Waals surface area contributed by atoms with Crippen molar-refractivity contribution in [3.8, 4) is 0 Å². The Balaban J connectivity index is 2.07. The summed E-state index contributed by atoms with van der Waals surface area (Å²) in [5.74, 6) is 0.578. The molecule has 2 rings (SSSR count). The van der Waals surface area contributed by atoms with Crippen molar-refractivity contribution in [1.82, 2.24) is 9.97 Å². The molecule has 0 unspecified atom stereocenters. The normalized spacial score (nSPS) is 10.8. The van der Waals surface area contributed by atoms with Crippen molar-refractivity contribution in [3.63, 3.8) is 0 Å². The number of hydrogen-bond acceptors (Lipinski definition) is 5. The van der Waals surface area contributed by atoms with Gasteiger partial charge in [0.15, 0.2) is 0 Å². The standard InChI is InChI=1S/C16H22N4O2/c1-5-13-10-22-16(18-13)19-15(21)12-7-8-14(17-9-12)20(6-2)11(3)4/h7-11H,5-6H2,1-4H3,(H,18,19,21). The van der Waals surface area contributed by atoms with Gasteiger partial charge in [-0.25, -0.2) is 4.98 Å². The van der Waals surface area contributed by atoms with E-state index in [1.807, 2.05) is 13.0 Å². The van der Waals surface area contributed by atoms with E-state index in [0.717, 1.165) is 24.5 Å². The fraction of sp³-hybridized carbons (Fsp3) is 0.438. The molecule has 6 heteroatoms. The summed E-state index contributed by atoms with van der Waals surface area (Å²) in [6.45, 7) is 9.14. The lowest BCUT2D eigenvalue weighted by atomic mass is 10.2. The maximum atomic E-state index is 12.1. The zero-order chi connectivity index (χ0) is 16.1. The molecule has 6 nitrogen and oxygen atoms in total. The predicted molar refractivity (Wildman–Crippen MR) is 86.2 cm³/mol. The summed E-state index contributed by atoms with van der Waals surface area (Å²) in [4.78, 5) is 22.8. The first kappa shape index (κ1) is 16.0. The lowest BCUT2D eigenvalue weighted by Crippen LogP contribution is -2.31. The summed E-state index contributed by atoms with van der Waals surface area (Å²) >= 11 is 0. The van der Waals surface area contributed by atoms with Gasteiger partial charge in [-0.1, -0.05) is 6.92 Å². The van der Waals surface area contributed by atoms with Gasteiger partial charge in [0.1, 0.15) is 12.1 Å². The molecule has 1 N–H and O–H groups in total. The highest BCUT2D eigenvalue weighted by Gasteiger charge is 2.13. The highest BCUT2D eigenvalue weighted by molar-refractivity contribution is 6.03. The maximum absolute atomic E-state index is 12.1. The van der Waals surface area contributed by atoms with Gasteiger partial charge in [0.25, 0.3) is 5.91 Å². The van der Waals surface area contributed by atoms with E-state index < -0.39 is 0 Å². The lowest BCUT2D eigenvalue weighted by Gasteiger charge is -2.26. The van der Waals surface area contributed by atoms with Crippen molar-refractivity contribution < 1.29 is 9.21 Å². The number of nitrogens with zero attached hydrogens (tertiary/aromatic N) is 3. The molecule has 0 aliphatic heterocycles. The van der Waals surface area contributed by atoms with Gasteiger partial charge < -0.3 is 9.32 Å². The Morgan fingerprint density at radius 1 is 1.36 bits per heavy atom. The van der Waals surface area contributed by atoms with Crippen LogP contribution in [-0.2, 0) is 6.42 Å². The van der Waals surface area contributed by atoms with Gasteiger partial charge >= 0.3 is 6.01 Å². The molecule has 0 saturated carbocycles. The van der Waals surface area contributed by atoms with Crippen LogP contribution in [0.15, 0.2) is 29.0 Å². The summed E-state index contributed by atoms with van der Waals surface area (Å²) in [5, 5.41) is 2.63. The number of amides is 1. The van der Waals surface area contributed by atoms with E-state index in [2.05, 4.69) is 41.0 Å². The average Bonchev–Trinajstić information content (AvgIpc) is 2.96. The summed E-state index contributed by atoms with van der Waals surface area (Å²) in [6, 6.07) is 4.18. The third-order valence-corrected chi connectivity index (χ3v) is 3.40. The Labute approximate surface area is 130 Å². The van der Waals surface area contributed by atoms with Crippen LogP contribution in [0.3, 0.4) is 0 Å². The molecular weight excluding hydrogens is 280 g/mol.